The molecule has 0 spiro atoms. The van der Waals surface area contributed by atoms with Crippen LogP contribution < -0.4 is 20.9 Å². The van der Waals surface area contributed by atoms with Gasteiger partial charge in [-0.3, -0.25) is 14.5 Å². The molecule has 0 bridgehead atoms. The molecular weight excluding hydrogens is 270 g/mol. The highest BCUT2D eigenvalue weighted by Gasteiger charge is 2.29. The number of anilines is 3. The van der Waals surface area contributed by atoms with Crippen molar-refractivity contribution < 1.29 is 10.2 Å². The highest BCUT2D eigenvalue weighted by molar-refractivity contribution is 7.99. The topological polar surface area (TPSA) is 122 Å². The van der Waals surface area contributed by atoms with Crippen LogP contribution in [0, 0.1) is 0 Å². The number of nitrogens with zero attached hydrogens (tertiary/aromatic N) is 1. The highest BCUT2D eigenvalue weighted by atomic mass is 32.2. The minimum absolute atomic E-state index is 0.266. The standard InChI is InChI=1S/C10H17N5O3S/c1-4(16)7(17)5-3-11-8-6(12-5)9(18)14-10(13-8)15-19-2/h4-5,7,12,16-17H,3H2,1-2H3,(H3,11,13,14,15,18). The van der Waals surface area contributed by atoms with E-state index in [1.54, 1.807) is 0 Å². The number of hydrogen-bond acceptors (Lipinski definition) is 8. The lowest BCUT2D eigenvalue weighted by Gasteiger charge is -2.31. The molecule has 19 heavy (non-hydrogen) atoms. The molecule has 1 aromatic heterocycles. The van der Waals surface area contributed by atoms with Crippen molar-refractivity contribution in [3.8, 4) is 0 Å². The number of hydrogen-bond donors (Lipinski definition) is 6. The maximum atomic E-state index is 11.9. The molecule has 1 aromatic rings. The van der Waals surface area contributed by atoms with Crippen molar-refractivity contribution in [3.05, 3.63) is 10.4 Å². The summed E-state index contributed by atoms with van der Waals surface area (Å²) in [6.45, 7) is 1.87. The van der Waals surface area contributed by atoms with Crippen molar-refractivity contribution in [2.75, 3.05) is 28.2 Å². The van der Waals surface area contributed by atoms with Crippen molar-refractivity contribution in [3.63, 3.8) is 0 Å². The van der Waals surface area contributed by atoms with Gasteiger partial charge in [-0.1, -0.05) is 11.9 Å². The van der Waals surface area contributed by atoms with Crippen molar-refractivity contribution in [1.82, 2.24) is 9.97 Å². The van der Waals surface area contributed by atoms with E-state index in [0.717, 1.165) is 0 Å². The Bertz CT molecular complexity index is 506. The zero-order chi connectivity index (χ0) is 14.0. The lowest BCUT2D eigenvalue weighted by atomic mass is 10.0. The normalized spacial score (nSPS) is 20.7. The number of fused-ring (bicyclic) bond motifs is 1. The molecular formula is C10H17N5O3S. The fraction of sp³-hybridized carbons (Fsp3) is 0.600. The van der Waals surface area contributed by atoms with E-state index in [1.807, 2.05) is 6.26 Å². The SMILES string of the molecule is CSNc1nc2c(c(=O)[nH]1)NC(C(O)C(C)O)CN2. The summed E-state index contributed by atoms with van der Waals surface area (Å²) in [7, 11) is 0. The third-order valence-electron chi connectivity index (χ3n) is 2.84. The van der Waals surface area contributed by atoms with Crippen LogP contribution in [0.3, 0.4) is 0 Å². The summed E-state index contributed by atoms with van der Waals surface area (Å²) in [4.78, 5) is 18.7. The van der Waals surface area contributed by atoms with Crippen LogP contribution in [0.4, 0.5) is 17.5 Å². The maximum Gasteiger partial charge on any atom is 0.277 e. The quantitative estimate of drug-likeness (QED) is 0.406. The lowest BCUT2D eigenvalue weighted by molar-refractivity contribution is 0.0214. The molecule has 106 valence electrons. The Labute approximate surface area is 114 Å². The van der Waals surface area contributed by atoms with Gasteiger partial charge in [0.15, 0.2) is 5.82 Å². The van der Waals surface area contributed by atoms with Gasteiger partial charge in [-0.05, 0) is 6.92 Å². The minimum Gasteiger partial charge on any atom is -0.391 e. The Kier molecular flexibility index (Phi) is 4.17. The average Bonchev–Trinajstić information content (AvgIpc) is 2.38. The number of aromatic amines is 1. The summed E-state index contributed by atoms with van der Waals surface area (Å²) in [6, 6.07) is -0.449. The first kappa shape index (κ1) is 14.0. The van der Waals surface area contributed by atoms with E-state index in [2.05, 4.69) is 25.3 Å². The second kappa shape index (κ2) is 5.68. The Morgan fingerprint density at radius 3 is 2.89 bits per heavy atom. The molecule has 0 saturated carbocycles. The van der Waals surface area contributed by atoms with E-state index >= 15 is 0 Å². The van der Waals surface area contributed by atoms with Gasteiger partial charge in [0, 0.05) is 12.8 Å². The molecule has 0 amide bonds. The summed E-state index contributed by atoms with van der Waals surface area (Å²) in [6.07, 6.45) is -0.0328. The molecule has 3 unspecified atom stereocenters. The molecule has 0 saturated heterocycles. The van der Waals surface area contributed by atoms with Crippen LogP contribution in [0.5, 0.6) is 0 Å². The second-order valence-corrected chi connectivity index (χ2v) is 4.92. The van der Waals surface area contributed by atoms with Gasteiger partial charge >= 0.3 is 0 Å². The fourth-order valence-electron chi connectivity index (χ4n) is 1.87. The van der Waals surface area contributed by atoms with Gasteiger partial charge < -0.3 is 20.8 Å². The predicted octanol–water partition coefficient (Wildman–Crippen LogP) is -0.593. The Hall–Kier alpha value is -1.45. The fourth-order valence-corrected chi connectivity index (χ4v) is 2.16. The van der Waals surface area contributed by atoms with E-state index in [1.165, 1.54) is 18.9 Å². The number of aliphatic hydroxyl groups is 2. The number of H-pyrrole nitrogens is 1. The number of rotatable bonds is 4. The van der Waals surface area contributed by atoms with Crippen molar-refractivity contribution in [1.29, 1.82) is 0 Å². The summed E-state index contributed by atoms with van der Waals surface area (Å²) < 4.78 is 2.84. The predicted molar refractivity (Wildman–Crippen MR) is 75.6 cm³/mol. The van der Waals surface area contributed by atoms with E-state index in [0.29, 0.717) is 18.3 Å². The number of aromatic nitrogens is 2. The van der Waals surface area contributed by atoms with Gasteiger partial charge in [0.05, 0.1) is 12.1 Å². The van der Waals surface area contributed by atoms with Gasteiger partial charge in [0.1, 0.15) is 11.8 Å². The third-order valence-corrected chi connectivity index (χ3v) is 3.24. The Morgan fingerprint density at radius 1 is 1.53 bits per heavy atom. The Morgan fingerprint density at radius 2 is 2.26 bits per heavy atom. The first-order chi connectivity index (χ1) is 9.02. The molecule has 1 aliphatic rings. The van der Waals surface area contributed by atoms with Crippen LogP contribution in [0.1, 0.15) is 6.92 Å². The number of nitrogens with one attached hydrogen (secondary N) is 4. The zero-order valence-corrected chi connectivity index (χ0v) is 11.4. The molecule has 6 N–H and O–H groups in total. The molecule has 9 heteroatoms. The summed E-state index contributed by atoms with van der Waals surface area (Å²) in [5.41, 5.74) is -0.0702. The van der Waals surface area contributed by atoms with E-state index < -0.39 is 18.2 Å². The van der Waals surface area contributed by atoms with E-state index in [4.69, 9.17) is 0 Å². The van der Waals surface area contributed by atoms with Gasteiger partial charge in [-0.15, -0.1) is 0 Å². The monoisotopic (exact) mass is 287 g/mol. The summed E-state index contributed by atoms with van der Waals surface area (Å²) in [5, 5.41) is 25.1. The third kappa shape index (κ3) is 2.94. The van der Waals surface area contributed by atoms with Gasteiger partial charge in [0.2, 0.25) is 5.95 Å². The zero-order valence-electron chi connectivity index (χ0n) is 10.6. The molecule has 2 heterocycles. The minimum atomic E-state index is -0.968. The largest absolute Gasteiger partial charge is 0.391 e. The average molecular weight is 287 g/mol. The molecule has 8 nitrogen and oxygen atoms in total. The van der Waals surface area contributed by atoms with Crippen LogP contribution in [-0.2, 0) is 0 Å². The Balaban J connectivity index is 2.24. The molecule has 2 rings (SSSR count). The van der Waals surface area contributed by atoms with Gasteiger partial charge in [0.25, 0.3) is 5.56 Å². The van der Waals surface area contributed by atoms with Crippen LogP contribution in [0.2, 0.25) is 0 Å². The summed E-state index contributed by atoms with van der Waals surface area (Å²) in [5.74, 6) is 0.786. The van der Waals surface area contributed by atoms with Crippen LogP contribution in [0.25, 0.3) is 0 Å². The molecule has 0 fully saturated rings. The van der Waals surface area contributed by atoms with Crippen LogP contribution in [-0.4, -0.2) is 51.2 Å². The molecule has 0 radical (unpaired) electrons. The highest BCUT2D eigenvalue weighted by Crippen LogP contribution is 2.22. The van der Waals surface area contributed by atoms with Gasteiger partial charge in [-0.2, -0.15) is 4.98 Å². The molecule has 0 aliphatic carbocycles. The van der Waals surface area contributed by atoms with E-state index in [9.17, 15) is 15.0 Å². The smallest absolute Gasteiger partial charge is 0.277 e. The van der Waals surface area contributed by atoms with Crippen molar-refractivity contribution >= 4 is 29.4 Å². The maximum absolute atomic E-state index is 11.9. The lowest BCUT2D eigenvalue weighted by Crippen LogP contribution is -2.48. The van der Waals surface area contributed by atoms with Gasteiger partial charge in [-0.25, -0.2) is 0 Å². The molecule has 1 aliphatic heterocycles. The van der Waals surface area contributed by atoms with Crippen molar-refractivity contribution in [2.45, 2.75) is 25.2 Å². The van der Waals surface area contributed by atoms with Crippen LogP contribution >= 0.6 is 11.9 Å². The van der Waals surface area contributed by atoms with Crippen molar-refractivity contribution in [2.24, 2.45) is 0 Å². The molecule has 0 aromatic carbocycles. The molecule has 3 atom stereocenters. The second-order valence-electron chi connectivity index (χ2n) is 4.31. The number of aliphatic hydroxyl groups excluding tert-OH is 2. The van der Waals surface area contributed by atoms with E-state index in [-0.39, 0.29) is 11.2 Å². The van der Waals surface area contributed by atoms with Crippen LogP contribution in [0.15, 0.2) is 4.79 Å². The summed E-state index contributed by atoms with van der Waals surface area (Å²) >= 11 is 1.32. The first-order valence-corrected chi connectivity index (χ1v) is 7.05. The first-order valence-electron chi connectivity index (χ1n) is 5.82.